The average molecular weight is 274 g/mol. The Kier molecular flexibility index (Phi) is 4.74. The predicted octanol–water partition coefficient (Wildman–Crippen LogP) is 2.22. The van der Waals surface area contributed by atoms with Crippen molar-refractivity contribution in [2.45, 2.75) is 26.3 Å². The standard InChI is InChI=1S/C15H22N4O/c1-5-7-17-14(12-9-16-8-6-11(12)2)15-13(20-4)10-18-19(15)3/h6,8-10,14,17H,5,7H2,1-4H3. The number of methoxy groups -OCH3 is 1. The average Bonchev–Trinajstić information content (AvgIpc) is 2.82. The molecule has 5 nitrogen and oxygen atoms in total. The number of aryl methyl sites for hydroxylation is 2. The maximum atomic E-state index is 5.44. The highest BCUT2D eigenvalue weighted by atomic mass is 16.5. The molecular formula is C15H22N4O. The fourth-order valence-electron chi connectivity index (χ4n) is 2.33. The minimum Gasteiger partial charge on any atom is -0.493 e. The summed E-state index contributed by atoms with van der Waals surface area (Å²) in [5.41, 5.74) is 3.39. The maximum absolute atomic E-state index is 5.44. The molecule has 2 heterocycles. The molecule has 0 saturated heterocycles. The van der Waals surface area contributed by atoms with E-state index in [1.54, 1.807) is 13.3 Å². The molecule has 2 aromatic rings. The number of pyridine rings is 1. The second-order valence-corrected chi connectivity index (χ2v) is 4.84. The van der Waals surface area contributed by atoms with Crippen LogP contribution in [0.3, 0.4) is 0 Å². The zero-order valence-corrected chi connectivity index (χ0v) is 12.6. The van der Waals surface area contributed by atoms with E-state index in [1.165, 1.54) is 5.56 Å². The van der Waals surface area contributed by atoms with E-state index in [-0.39, 0.29) is 6.04 Å². The third kappa shape index (κ3) is 2.82. The van der Waals surface area contributed by atoms with Crippen LogP contribution in [0.15, 0.2) is 24.7 Å². The van der Waals surface area contributed by atoms with Gasteiger partial charge in [-0.15, -0.1) is 0 Å². The number of rotatable bonds is 6. The third-order valence-corrected chi connectivity index (χ3v) is 3.43. The molecule has 5 heteroatoms. The van der Waals surface area contributed by atoms with Crippen LogP contribution in [0.25, 0.3) is 0 Å². The summed E-state index contributed by atoms with van der Waals surface area (Å²) in [5, 5.41) is 7.87. The van der Waals surface area contributed by atoms with Crippen molar-refractivity contribution in [3.8, 4) is 5.75 Å². The van der Waals surface area contributed by atoms with Crippen molar-refractivity contribution < 1.29 is 4.74 Å². The molecule has 1 unspecified atom stereocenters. The highest BCUT2D eigenvalue weighted by Gasteiger charge is 2.23. The van der Waals surface area contributed by atoms with Crippen LogP contribution in [0.5, 0.6) is 5.75 Å². The summed E-state index contributed by atoms with van der Waals surface area (Å²) >= 11 is 0. The summed E-state index contributed by atoms with van der Waals surface area (Å²) in [6.07, 6.45) is 6.54. The molecule has 0 aliphatic rings. The van der Waals surface area contributed by atoms with Gasteiger partial charge in [-0.25, -0.2) is 0 Å². The maximum Gasteiger partial charge on any atom is 0.161 e. The lowest BCUT2D eigenvalue weighted by Crippen LogP contribution is -2.26. The van der Waals surface area contributed by atoms with E-state index >= 15 is 0 Å². The van der Waals surface area contributed by atoms with Crippen molar-refractivity contribution in [3.05, 3.63) is 41.5 Å². The number of hydrogen-bond donors (Lipinski definition) is 1. The summed E-state index contributed by atoms with van der Waals surface area (Å²) in [7, 11) is 3.61. The normalized spacial score (nSPS) is 12.4. The van der Waals surface area contributed by atoms with Gasteiger partial charge in [-0.1, -0.05) is 6.92 Å². The molecule has 0 bridgehead atoms. The molecule has 0 aliphatic carbocycles. The summed E-state index contributed by atoms with van der Waals surface area (Å²) in [5.74, 6) is 0.796. The Balaban J connectivity index is 2.47. The summed E-state index contributed by atoms with van der Waals surface area (Å²) in [4.78, 5) is 4.26. The van der Waals surface area contributed by atoms with Crippen LogP contribution in [0.1, 0.15) is 36.2 Å². The fraction of sp³-hybridized carbons (Fsp3) is 0.467. The smallest absolute Gasteiger partial charge is 0.161 e. The van der Waals surface area contributed by atoms with E-state index in [2.05, 4.69) is 29.2 Å². The van der Waals surface area contributed by atoms with Gasteiger partial charge in [-0.3, -0.25) is 9.67 Å². The minimum atomic E-state index is 0.0334. The lowest BCUT2D eigenvalue weighted by atomic mass is 10.0. The predicted molar refractivity (Wildman–Crippen MR) is 78.9 cm³/mol. The van der Waals surface area contributed by atoms with E-state index in [9.17, 15) is 0 Å². The first-order chi connectivity index (χ1) is 9.69. The molecule has 0 spiro atoms. The van der Waals surface area contributed by atoms with Gasteiger partial charge in [0.25, 0.3) is 0 Å². The lowest BCUT2D eigenvalue weighted by Gasteiger charge is -2.21. The summed E-state index contributed by atoms with van der Waals surface area (Å²) in [6.45, 7) is 5.18. The van der Waals surface area contributed by atoms with E-state index in [1.807, 2.05) is 30.2 Å². The van der Waals surface area contributed by atoms with Crippen molar-refractivity contribution in [1.82, 2.24) is 20.1 Å². The Hall–Kier alpha value is -1.88. The van der Waals surface area contributed by atoms with Gasteiger partial charge in [0.05, 0.1) is 19.3 Å². The van der Waals surface area contributed by atoms with E-state index in [4.69, 9.17) is 4.74 Å². The Labute approximate surface area is 120 Å². The molecule has 20 heavy (non-hydrogen) atoms. The molecule has 0 radical (unpaired) electrons. The highest BCUT2D eigenvalue weighted by molar-refractivity contribution is 5.38. The Bertz CT molecular complexity index is 565. The van der Waals surface area contributed by atoms with Crippen molar-refractivity contribution in [2.24, 2.45) is 7.05 Å². The van der Waals surface area contributed by atoms with Crippen LogP contribution in [0.2, 0.25) is 0 Å². The highest BCUT2D eigenvalue weighted by Crippen LogP contribution is 2.30. The van der Waals surface area contributed by atoms with E-state index in [0.29, 0.717) is 0 Å². The molecule has 108 valence electrons. The molecule has 2 aromatic heterocycles. The van der Waals surface area contributed by atoms with Crippen LogP contribution in [0, 0.1) is 6.92 Å². The van der Waals surface area contributed by atoms with Gasteiger partial charge in [-0.2, -0.15) is 5.10 Å². The minimum absolute atomic E-state index is 0.0334. The van der Waals surface area contributed by atoms with Gasteiger partial charge >= 0.3 is 0 Å². The van der Waals surface area contributed by atoms with Gasteiger partial charge in [-0.05, 0) is 37.1 Å². The molecule has 0 saturated carbocycles. The molecule has 0 aromatic carbocycles. The molecular weight excluding hydrogens is 252 g/mol. The molecule has 0 fully saturated rings. The van der Waals surface area contributed by atoms with Crippen LogP contribution in [-0.4, -0.2) is 28.4 Å². The fourth-order valence-corrected chi connectivity index (χ4v) is 2.33. The first-order valence-corrected chi connectivity index (χ1v) is 6.88. The van der Waals surface area contributed by atoms with Crippen LogP contribution in [-0.2, 0) is 7.05 Å². The molecule has 0 amide bonds. The molecule has 1 N–H and O–H groups in total. The van der Waals surface area contributed by atoms with Crippen molar-refractivity contribution >= 4 is 0 Å². The topological polar surface area (TPSA) is 52.0 Å². The quantitative estimate of drug-likeness (QED) is 0.877. The summed E-state index contributed by atoms with van der Waals surface area (Å²) < 4.78 is 7.30. The Morgan fingerprint density at radius 3 is 2.85 bits per heavy atom. The number of aromatic nitrogens is 3. The Morgan fingerprint density at radius 2 is 2.20 bits per heavy atom. The van der Waals surface area contributed by atoms with Gasteiger partial charge in [0.2, 0.25) is 0 Å². The number of hydrogen-bond acceptors (Lipinski definition) is 4. The van der Waals surface area contributed by atoms with E-state index < -0.39 is 0 Å². The lowest BCUT2D eigenvalue weighted by molar-refractivity contribution is 0.400. The number of nitrogens with zero attached hydrogens (tertiary/aromatic N) is 3. The monoisotopic (exact) mass is 274 g/mol. The molecule has 1 atom stereocenters. The van der Waals surface area contributed by atoms with Crippen molar-refractivity contribution in [1.29, 1.82) is 0 Å². The zero-order valence-electron chi connectivity index (χ0n) is 12.6. The van der Waals surface area contributed by atoms with Gasteiger partial charge in [0, 0.05) is 19.4 Å². The van der Waals surface area contributed by atoms with Crippen LogP contribution < -0.4 is 10.1 Å². The first-order valence-electron chi connectivity index (χ1n) is 6.88. The van der Waals surface area contributed by atoms with Gasteiger partial charge < -0.3 is 10.1 Å². The third-order valence-electron chi connectivity index (χ3n) is 3.43. The largest absolute Gasteiger partial charge is 0.493 e. The van der Waals surface area contributed by atoms with Crippen molar-refractivity contribution in [3.63, 3.8) is 0 Å². The van der Waals surface area contributed by atoms with Gasteiger partial charge in [0.1, 0.15) is 5.69 Å². The molecule has 0 aliphatic heterocycles. The number of nitrogens with one attached hydrogen (secondary N) is 1. The molecule has 2 rings (SSSR count). The SMILES string of the molecule is CCCNC(c1cnccc1C)c1c(OC)cnn1C. The Morgan fingerprint density at radius 1 is 1.40 bits per heavy atom. The second kappa shape index (κ2) is 6.52. The van der Waals surface area contributed by atoms with Crippen LogP contribution >= 0.6 is 0 Å². The van der Waals surface area contributed by atoms with Gasteiger partial charge in [0.15, 0.2) is 5.75 Å². The van der Waals surface area contributed by atoms with Crippen molar-refractivity contribution in [2.75, 3.05) is 13.7 Å². The van der Waals surface area contributed by atoms with E-state index in [0.717, 1.165) is 30.0 Å². The number of ether oxygens (including phenoxy) is 1. The summed E-state index contributed by atoms with van der Waals surface area (Å²) in [6, 6.07) is 2.06. The first kappa shape index (κ1) is 14.5. The second-order valence-electron chi connectivity index (χ2n) is 4.84. The zero-order chi connectivity index (χ0) is 14.5. The van der Waals surface area contributed by atoms with Crippen LogP contribution in [0.4, 0.5) is 0 Å².